The highest BCUT2D eigenvalue weighted by Gasteiger charge is 2.27. The average Bonchev–Trinajstić information content (AvgIpc) is 3.51. The molecule has 1 aromatic carbocycles. The fraction of sp³-hybridized carbons (Fsp3) is 0.368. The summed E-state index contributed by atoms with van der Waals surface area (Å²) in [5.74, 6) is -0.0876. The molecule has 0 radical (unpaired) electrons. The molecule has 11 heteroatoms. The summed E-state index contributed by atoms with van der Waals surface area (Å²) in [5.41, 5.74) is 7.23. The highest BCUT2D eigenvalue weighted by Crippen LogP contribution is 2.22. The molecule has 30 heavy (non-hydrogen) atoms. The van der Waals surface area contributed by atoms with Gasteiger partial charge in [-0.3, -0.25) is 4.79 Å². The number of sulfone groups is 1. The third kappa shape index (κ3) is 4.85. The molecule has 1 aliphatic heterocycles. The van der Waals surface area contributed by atoms with Gasteiger partial charge in [-0.05, 0) is 37.1 Å². The number of hydrogen-bond acceptors (Lipinski definition) is 7. The molecule has 2 heterocycles. The van der Waals surface area contributed by atoms with E-state index >= 15 is 0 Å². The molecule has 158 valence electrons. The van der Waals surface area contributed by atoms with Crippen LogP contribution >= 0.6 is 0 Å². The zero-order valence-electron chi connectivity index (χ0n) is 16.2. The Hall–Kier alpha value is -3.21. The van der Waals surface area contributed by atoms with Crippen LogP contribution in [0.15, 0.2) is 30.3 Å². The van der Waals surface area contributed by atoms with Crippen LogP contribution < -0.4 is 16.4 Å². The van der Waals surface area contributed by atoms with Crippen LogP contribution in [-0.4, -0.2) is 65.9 Å². The maximum Gasteiger partial charge on any atom is 0.319 e. The summed E-state index contributed by atoms with van der Waals surface area (Å²) in [6.07, 6.45) is 2.01. The first-order valence-corrected chi connectivity index (χ1v) is 11.4. The second-order valence-electron chi connectivity index (χ2n) is 7.40. The number of rotatable bonds is 4. The minimum absolute atomic E-state index is 0.0606. The molecule has 10 nitrogen and oxygen atoms in total. The van der Waals surface area contributed by atoms with Crippen molar-refractivity contribution in [3.8, 4) is 11.4 Å². The summed E-state index contributed by atoms with van der Waals surface area (Å²) in [7, 11) is -3.09. The topological polar surface area (TPSA) is 147 Å². The molecule has 1 aliphatic carbocycles. The molecule has 1 saturated heterocycles. The van der Waals surface area contributed by atoms with Crippen molar-refractivity contribution in [2.45, 2.75) is 18.9 Å². The first kappa shape index (κ1) is 20.1. The number of nitrogen functional groups attached to an aromatic ring is 1. The molecule has 3 amide bonds. The van der Waals surface area contributed by atoms with Gasteiger partial charge in [0.2, 0.25) is 0 Å². The van der Waals surface area contributed by atoms with Crippen molar-refractivity contribution >= 4 is 33.3 Å². The Morgan fingerprint density at radius 2 is 1.73 bits per heavy atom. The van der Waals surface area contributed by atoms with Crippen molar-refractivity contribution in [3.05, 3.63) is 36.0 Å². The number of urea groups is 1. The second kappa shape index (κ2) is 7.90. The van der Waals surface area contributed by atoms with Gasteiger partial charge in [-0.2, -0.15) is 0 Å². The zero-order valence-corrected chi connectivity index (χ0v) is 17.0. The predicted molar refractivity (Wildman–Crippen MR) is 112 cm³/mol. The lowest BCUT2D eigenvalue weighted by atomic mass is 10.2. The van der Waals surface area contributed by atoms with Crippen molar-refractivity contribution in [1.82, 2.24) is 20.2 Å². The normalized spacial score (nSPS) is 17.9. The lowest BCUT2D eigenvalue weighted by molar-refractivity contribution is 0.0764. The first-order valence-electron chi connectivity index (χ1n) is 9.61. The Morgan fingerprint density at radius 3 is 2.37 bits per heavy atom. The van der Waals surface area contributed by atoms with Crippen LogP contribution in [0, 0.1) is 0 Å². The van der Waals surface area contributed by atoms with Gasteiger partial charge in [0.25, 0.3) is 5.91 Å². The summed E-state index contributed by atoms with van der Waals surface area (Å²) in [4.78, 5) is 34.5. The van der Waals surface area contributed by atoms with Crippen LogP contribution in [0.3, 0.4) is 0 Å². The Balaban J connectivity index is 1.48. The fourth-order valence-electron chi connectivity index (χ4n) is 3.07. The molecule has 1 saturated carbocycles. The lowest BCUT2D eigenvalue weighted by Gasteiger charge is -2.26. The molecule has 4 N–H and O–H groups in total. The SMILES string of the molecule is Nc1cc(C(=O)N2CCS(=O)(=O)CC2)nc(-c2ccc(NC(=O)NC3CC3)cc2)n1. The first-order chi connectivity index (χ1) is 14.3. The van der Waals surface area contributed by atoms with Gasteiger partial charge < -0.3 is 21.3 Å². The van der Waals surface area contributed by atoms with E-state index in [1.165, 1.54) is 11.0 Å². The predicted octanol–water partition coefficient (Wildman–Crippen LogP) is 0.880. The van der Waals surface area contributed by atoms with Gasteiger partial charge in [-0.15, -0.1) is 0 Å². The number of aromatic nitrogens is 2. The quantitative estimate of drug-likeness (QED) is 0.652. The molecule has 2 fully saturated rings. The van der Waals surface area contributed by atoms with E-state index in [1.54, 1.807) is 24.3 Å². The number of nitrogens with one attached hydrogen (secondary N) is 2. The second-order valence-corrected chi connectivity index (χ2v) is 9.70. The maximum absolute atomic E-state index is 12.7. The Labute approximate surface area is 173 Å². The number of nitrogens with zero attached hydrogens (tertiary/aromatic N) is 3. The van der Waals surface area contributed by atoms with E-state index in [0.29, 0.717) is 11.3 Å². The van der Waals surface area contributed by atoms with Crippen molar-refractivity contribution in [2.24, 2.45) is 0 Å². The van der Waals surface area contributed by atoms with Gasteiger partial charge >= 0.3 is 6.03 Å². The van der Waals surface area contributed by atoms with E-state index in [0.717, 1.165) is 12.8 Å². The number of nitrogens with two attached hydrogens (primary N) is 1. The van der Waals surface area contributed by atoms with Crippen LogP contribution in [0.25, 0.3) is 11.4 Å². The number of carbonyl (C=O) groups is 2. The van der Waals surface area contributed by atoms with E-state index in [2.05, 4.69) is 20.6 Å². The Bertz CT molecular complexity index is 1070. The van der Waals surface area contributed by atoms with E-state index in [4.69, 9.17) is 5.73 Å². The molecule has 0 spiro atoms. The number of benzene rings is 1. The Kier molecular flexibility index (Phi) is 5.29. The molecule has 0 bridgehead atoms. The van der Waals surface area contributed by atoms with Crippen molar-refractivity contribution in [1.29, 1.82) is 0 Å². The van der Waals surface area contributed by atoms with Gasteiger partial charge in [0, 0.05) is 36.4 Å². The van der Waals surface area contributed by atoms with E-state index in [-0.39, 0.29) is 59.9 Å². The van der Waals surface area contributed by atoms with Gasteiger partial charge in [0.15, 0.2) is 15.7 Å². The fourth-order valence-corrected chi connectivity index (χ4v) is 4.27. The molecule has 2 aliphatic rings. The monoisotopic (exact) mass is 430 g/mol. The van der Waals surface area contributed by atoms with Gasteiger partial charge in [-0.1, -0.05) is 0 Å². The largest absolute Gasteiger partial charge is 0.384 e. The molecule has 0 atom stereocenters. The van der Waals surface area contributed by atoms with Gasteiger partial charge in [0.1, 0.15) is 11.5 Å². The number of anilines is 2. The van der Waals surface area contributed by atoms with Gasteiger partial charge in [0.05, 0.1) is 11.5 Å². The third-order valence-electron chi connectivity index (χ3n) is 4.91. The summed E-state index contributed by atoms with van der Waals surface area (Å²) < 4.78 is 23.2. The molecule has 2 aromatic rings. The summed E-state index contributed by atoms with van der Waals surface area (Å²) >= 11 is 0. The third-order valence-corrected chi connectivity index (χ3v) is 6.52. The lowest BCUT2D eigenvalue weighted by Crippen LogP contribution is -2.44. The number of carbonyl (C=O) groups excluding carboxylic acids is 2. The van der Waals surface area contributed by atoms with Crippen LogP contribution in [0.1, 0.15) is 23.3 Å². The van der Waals surface area contributed by atoms with E-state index < -0.39 is 9.84 Å². The van der Waals surface area contributed by atoms with Crippen LogP contribution in [0.2, 0.25) is 0 Å². The Morgan fingerprint density at radius 1 is 1.07 bits per heavy atom. The van der Waals surface area contributed by atoms with E-state index in [1.807, 2.05) is 0 Å². The standard InChI is InChI=1S/C19H22N6O4S/c20-16-11-15(18(26)25-7-9-30(28,29)10-8-25)23-17(24-16)12-1-3-13(4-2-12)21-19(27)22-14-5-6-14/h1-4,11,14H,5-10H2,(H2,20,23,24)(H2,21,22,27). The summed E-state index contributed by atoms with van der Waals surface area (Å²) in [6, 6.07) is 8.28. The molecule has 4 rings (SSSR count). The van der Waals surface area contributed by atoms with Gasteiger partial charge in [-0.25, -0.2) is 23.2 Å². The van der Waals surface area contributed by atoms with Crippen LogP contribution in [0.5, 0.6) is 0 Å². The zero-order chi connectivity index (χ0) is 21.3. The molecule has 1 aromatic heterocycles. The highest BCUT2D eigenvalue weighted by molar-refractivity contribution is 7.91. The van der Waals surface area contributed by atoms with Crippen LogP contribution in [-0.2, 0) is 9.84 Å². The average molecular weight is 430 g/mol. The van der Waals surface area contributed by atoms with Crippen molar-refractivity contribution in [3.63, 3.8) is 0 Å². The minimum atomic E-state index is -3.09. The van der Waals surface area contributed by atoms with Crippen molar-refractivity contribution < 1.29 is 18.0 Å². The number of amides is 3. The maximum atomic E-state index is 12.7. The molecule has 0 unspecified atom stereocenters. The summed E-state index contributed by atoms with van der Waals surface area (Å²) in [6.45, 7) is 0.257. The van der Waals surface area contributed by atoms with E-state index in [9.17, 15) is 18.0 Å². The highest BCUT2D eigenvalue weighted by atomic mass is 32.2. The molecular formula is C19H22N6O4S. The van der Waals surface area contributed by atoms with Crippen molar-refractivity contribution in [2.75, 3.05) is 35.6 Å². The van der Waals surface area contributed by atoms with Crippen LogP contribution in [0.4, 0.5) is 16.3 Å². The smallest absolute Gasteiger partial charge is 0.319 e. The number of hydrogen-bond donors (Lipinski definition) is 3. The molecular weight excluding hydrogens is 408 g/mol. The summed E-state index contributed by atoms with van der Waals surface area (Å²) in [5, 5.41) is 5.60. The minimum Gasteiger partial charge on any atom is -0.384 e.